The van der Waals surface area contributed by atoms with E-state index in [-0.39, 0.29) is 0 Å². The smallest absolute Gasteiger partial charge is 0.192 e. The highest BCUT2D eigenvalue weighted by atomic mass is 32.2. The van der Waals surface area contributed by atoms with Crippen LogP contribution in [0.2, 0.25) is 0 Å². The van der Waals surface area contributed by atoms with Crippen LogP contribution in [0.1, 0.15) is 11.3 Å². The Labute approximate surface area is 167 Å². The van der Waals surface area contributed by atoms with Gasteiger partial charge in [-0.15, -0.1) is 16.8 Å². The van der Waals surface area contributed by atoms with Gasteiger partial charge in [0.25, 0.3) is 0 Å². The van der Waals surface area contributed by atoms with E-state index in [2.05, 4.69) is 56.1 Å². The zero-order chi connectivity index (χ0) is 19.5. The number of hydrogen-bond acceptors (Lipinski definition) is 5. The second kappa shape index (κ2) is 7.90. The van der Waals surface area contributed by atoms with E-state index in [1.807, 2.05) is 36.4 Å². The molecule has 0 spiro atoms. The molecule has 28 heavy (non-hydrogen) atoms. The third kappa shape index (κ3) is 3.66. The lowest BCUT2D eigenvalue weighted by molar-refractivity contribution is 0.415. The van der Waals surface area contributed by atoms with E-state index in [9.17, 15) is 0 Å². The molecule has 142 valence electrons. The monoisotopic (exact) mass is 391 g/mol. The summed E-state index contributed by atoms with van der Waals surface area (Å²) in [4.78, 5) is 4.68. The zero-order valence-corrected chi connectivity index (χ0v) is 16.7. The number of benzene rings is 1. The highest BCUT2D eigenvalue weighted by molar-refractivity contribution is 7.98. The molecule has 4 rings (SSSR count). The number of aryl methyl sites for hydroxylation is 1. The zero-order valence-electron chi connectivity index (χ0n) is 15.9. The first-order valence-electron chi connectivity index (χ1n) is 8.93. The summed E-state index contributed by atoms with van der Waals surface area (Å²) in [5.41, 5.74) is 4.16. The molecular formula is C21H21N5OS. The van der Waals surface area contributed by atoms with Crippen LogP contribution < -0.4 is 4.74 Å². The van der Waals surface area contributed by atoms with Crippen LogP contribution in [0.4, 0.5) is 0 Å². The Hall–Kier alpha value is -3.06. The average Bonchev–Trinajstić information content (AvgIpc) is 3.30. The number of hydrogen-bond donors (Lipinski definition) is 0. The molecule has 0 saturated carbocycles. The van der Waals surface area contributed by atoms with Crippen LogP contribution in [-0.2, 0) is 12.3 Å². The molecule has 0 aliphatic heterocycles. The molecule has 0 radical (unpaired) electrons. The van der Waals surface area contributed by atoms with Crippen molar-refractivity contribution >= 4 is 17.4 Å². The first-order valence-corrected chi connectivity index (χ1v) is 9.92. The van der Waals surface area contributed by atoms with Crippen molar-refractivity contribution in [3.63, 3.8) is 0 Å². The van der Waals surface area contributed by atoms with E-state index >= 15 is 0 Å². The van der Waals surface area contributed by atoms with E-state index in [1.165, 1.54) is 5.56 Å². The van der Waals surface area contributed by atoms with E-state index in [0.29, 0.717) is 6.54 Å². The van der Waals surface area contributed by atoms with Crippen LogP contribution in [-0.4, -0.2) is 31.3 Å². The Bertz CT molecular complexity index is 1110. The van der Waals surface area contributed by atoms with Crippen LogP contribution in [0.3, 0.4) is 0 Å². The molecule has 0 N–H and O–H groups in total. The van der Waals surface area contributed by atoms with Crippen molar-refractivity contribution in [2.45, 2.75) is 24.4 Å². The third-order valence-electron chi connectivity index (χ3n) is 4.37. The molecule has 1 aromatic carbocycles. The van der Waals surface area contributed by atoms with Crippen molar-refractivity contribution in [1.29, 1.82) is 0 Å². The molecule has 0 unspecified atom stereocenters. The van der Waals surface area contributed by atoms with Crippen molar-refractivity contribution in [2.75, 3.05) is 7.11 Å². The lowest BCUT2D eigenvalue weighted by Crippen LogP contribution is -2.00. The van der Waals surface area contributed by atoms with Gasteiger partial charge in [-0.25, -0.2) is 4.98 Å². The van der Waals surface area contributed by atoms with Gasteiger partial charge in [0, 0.05) is 30.3 Å². The number of thioether (sulfide) groups is 1. The molecule has 0 bridgehead atoms. The molecule has 0 amide bonds. The van der Waals surface area contributed by atoms with Crippen LogP contribution in [0, 0.1) is 6.92 Å². The van der Waals surface area contributed by atoms with Crippen molar-refractivity contribution in [1.82, 2.24) is 24.1 Å². The Kier molecular flexibility index (Phi) is 5.16. The molecule has 0 aliphatic carbocycles. The molecule has 6 nitrogen and oxygen atoms in total. The quantitative estimate of drug-likeness (QED) is 0.345. The molecule has 0 saturated heterocycles. The van der Waals surface area contributed by atoms with Crippen LogP contribution in [0.5, 0.6) is 5.75 Å². The number of pyridine rings is 1. The Morgan fingerprint density at radius 3 is 2.68 bits per heavy atom. The SMILES string of the molecule is C=CCn1c(SCc2cn3cc(C)ccc3n2)nnc1-c1ccc(OC)cc1. The van der Waals surface area contributed by atoms with Gasteiger partial charge in [0.15, 0.2) is 11.0 Å². The van der Waals surface area contributed by atoms with Gasteiger partial charge in [-0.05, 0) is 42.8 Å². The average molecular weight is 392 g/mol. The fourth-order valence-corrected chi connectivity index (χ4v) is 3.84. The predicted octanol–water partition coefficient (Wildman–Crippen LogP) is 4.39. The highest BCUT2D eigenvalue weighted by Crippen LogP contribution is 2.27. The number of rotatable bonds is 7. The lowest BCUT2D eigenvalue weighted by atomic mass is 10.2. The first-order chi connectivity index (χ1) is 13.7. The molecule has 3 heterocycles. The Balaban J connectivity index is 1.58. The summed E-state index contributed by atoms with van der Waals surface area (Å²) >= 11 is 1.62. The molecule has 3 aromatic heterocycles. The van der Waals surface area contributed by atoms with Gasteiger partial charge in [-0.1, -0.05) is 23.9 Å². The topological polar surface area (TPSA) is 57.2 Å². The Morgan fingerprint density at radius 1 is 1.11 bits per heavy atom. The predicted molar refractivity (Wildman–Crippen MR) is 112 cm³/mol. The van der Waals surface area contributed by atoms with Crippen LogP contribution >= 0.6 is 11.8 Å². The summed E-state index contributed by atoms with van der Waals surface area (Å²) in [5.74, 6) is 2.35. The summed E-state index contributed by atoms with van der Waals surface area (Å²) in [5, 5.41) is 9.65. The van der Waals surface area contributed by atoms with Gasteiger partial charge in [-0.3, -0.25) is 4.57 Å². The maximum atomic E-state index is 5.24. The van der Waals surface area contributed by atoms with Gasteiger partial charge < -0.3 is 9.14 Å². The molecule has 7 heteroatoms. The molecular weight excluding hydrogens is 370 g/mol. The van der Waals surface area contributed by atoms with Crippen LogP contribution in [0.25, 0.3) is 17.0 Å². The van der Waals surface area contributed by atoms with Crippen molar-refractivity contribution in [3.8, 4) is 17.1 Å². The van der Waals surface area contributed by atoms with E-state index in [0.717, 1.165) is 39.4 Å². The van der Waals surface area contributed by atoms with Gasteiger partial charge in [0.2, 0.25) is 0 Å². The Morgan fingerprint density at radius 2 is 1.93 bits per heavy atom. The highest BCUT2D eigenvalue weighted by Gasteiger charge is 2.14. The largest absolute Gasteiger partial charge is 0.497 e. The molecule has 4 aromatic rings. The van der Waals surface area contributed by atoms with Crippen molar-refractivity contribution < 1.29 is 4.74 Å². The molecule has 0 aliphatic rings. The fraction of sp³-hybridized carbons (Fsp3) is 0.190. The van der Waals surface area contributed by atoms with Crippen molar-refractivity contribution in [3.05, 3.63) is 72.7 Å². The maximum Gasteiger partial charge on any atom is 0.192 e. The standard InChI is InChI=1S/C21H21N5OS/c1-4-11-26-20(16-6-8-18(27-3)9-7-16)23-24-21(26)28-14-17-13-25-12-15(2)5-10-19(25)22-17/h4-10,12-13H,1,11,14H2,2-3H3. The minimum atomic E-state index is 0.640. The van der Waals surface area contributed by atoms with E-state index in [4.69, 9.17) is 4.74 Å². The number of aromatic nitrogens is 5. The fourth-order valence-electron chi connectivity index (χ4n) is 3.01. The van der Waals surface area contributed by atoms with Gasteiger partial charge in [-0.2, -0.15) is 0 Å². The number of allylic oxidation sites excluding steroid dienone is 1. The summed E-state index contributed by atoms with van der Waals surface area (Å²) in [6.45, 7) is 6.59. The summed E-state index contributed by atoms with van der Waals surface area (Å²) in [6, 6.07) is 11.9. The number of imidazole rings is 1. The number of fused-ring (bicyclic) bond motifs is 1. The molecule has 0 fully saturated rings. The minimum Gasteiger partial charge on any atom is -0.497 e. The van der Waals surface area contributed by atoms with Gasteiger partial charge in [0.05, 0.1) is 12.8 Å². The minimum absolute atomic E-state index is 0.640. The third-order valence-corrected chi connectivity index (χ3v) is 5.38. The second-order valence-electron chi connectivity index (χ2n) is 6.43. The second-order valence-corrected chi connectivity index (χ2v) is 7.37. The maximum absolute atomic E-state index is 5.24. The normalized spacial score (nSPS) is 11.1. The van der Waals surface area contributed by atoms with E-state index < -0.39 is 0 Å². The summed E-state index contributed by atoms with van der Waals surface area (Å²) in [6.07, 6.45) is 6.00. The van der Waals surface area contributed by atoms with Crippen molar-refractivity contribution in [2.24, 2.45) is 0 Å². The first kappa shape index (κ1) is 18.3. The summed E-state index contributed by atoms with van der Waals surface area (Å²) in [7, 11) is 1.66. The molecule has 0 atom stereocenters. The van der Waals surface area contributed by atoms with Crippen LogP contribution in [0.15, 0.2) is 66.6 Å². The van der Waals surface area contributed by atoms with E-state index in [1.54, 1.807) is 18.9 Å². The number of nitrogens with zero attached hydrogens (tertiary/aromatic N) is 5. The lowest BCUT2D eigenvalue weighted by Gasteiger charge is -2.08. The van der Waals surface area contributed by atoms with Gasteiger partial charge >= 0.3 is 0 Å². The van der Waals surface area contributed by atoms with Gasteiger partial charge in [0.1, 0.15) is 11.4 Å². The number of ether oxygens (including phenoxy) is 1. The summed E-state index contributed by atoms with van der Waals surface area (Å²) < 4.78 is 9.36. The number of methoxy groups -OCH3 is 1.